The van der Waals surface area contributed by atoms with E-state index in [1.165, 1.54) is 0 Å². The largest absolute Gasteiger partial charge is 0.508 e. The molecule has 0 saturated carbocycles. The van der Waals surface area contributed by atoms with Gasteiger partial charge in [0.2, 0.25) is 0 Å². The molecule has 1 heterocycles. The molecule has 1 atom stereocenters. The van der Waals surface area contributed by atoms with Crippen LogP contribution in [-0.2, 0) is 11.3 Å². The first-order chi connectivity index (χ1) is 15.6. The molecule has 4 aromatic carbocycles. The average Bonchev–Trinajstić information content (AvgIpc) is 3.25. The molecule has 5 nitrogen and oxygen atoms in total. The summed E-state index contributed by atoms with van der Waals surface area (Å²) in [6.07, 6.45) is 1.98. The molecule has 1 saturated heterocycles. The Morgan fingerprint density at radius 3 is 2.64 bits per heavy atom. The van der Waals surface area contributed by atoms with Crippen LogP contribution in [0.1, 0.15) is 28.8 Å². The topological polar surface area (TPSA) is 70.0 Å². The second-order valence-electron chi connectivity index (χ2n) is 8.36. The Morgan fingerprint density at radius 2 is 1.76 bits per heavy atom. The summed E-state index contributed by atoms with van der Waals surface area (Å²) in [6.45, 7) is 1.82. The third-order valence-electron chi connectivity index (χ3n) is 6.37. The predicted molar refractivity (Wildman–Crippen MR) is 125 cm³/mol. The SMILES string of the molecule is O=C(OC[C@@H]1CCCN1Cc1c(O)ccc2ccccc12)c1cccc2cc(O)ccc12.[Ac]. The van der Waals surface area contributed by atoms with Crippen molar-refractivity contribution in [3.63, 3.8) is 0 Å². The van der Waals surface area contributed by atoms with Gasteiger partial charge in [-0.15, -0.1) is 0 Å². The minimum Gasteiger partial charge on any atom is -0.508 e. The van der Waals surface area contributed by atoms with Gasteiger partial charge >= 0.3 is 5.97 Å². The van der Waals surface area contributed by atoms with Crippen molar-refractivity contribution in [3.8, 4) is 11.5 Å². The van der Waals surface area contributed by atoms with E-state index in [2.05, 4.69) is 4.90 Å². The van der Waals surface area contributed by atoms with Gasteiger partial charge in [-0.2, -0.15) is 0 Å². The standard InChI is InChI=1S/C27H25NO4.Ac/c29-21-11-12-23-19(15-21)6-3-9-24(23)27(31)32-17-20-7-4-14-28(20)16-25-22-8-2-1-5-18(22)10-13-26(25)30;/h1-3,5-6,8-13,15,20,29-30H,4,7,14,16-17H2;/t20-;/m0./s1. The maximum atomic E-state index is 12.9. The zero-order chi connectivity index (χ0) is 22.1. The van der Waals surface area contributed by atoms with Crippen LogP contribution in [0, 0.1) is 44.1 Å². The summed E-state index contributed by atoms with van der Waals surface area (Å²) in [7, 11) is 0. The van der Waals surface area contributed by atoms with E-state index in [-0.39, 0.29) is 61.8 Å². The number of hydrogen-bond donors (Lipinski definition) is 2. The summed E-state index contributed by atoms with van der Waals surface area (Å²) in [5, 5.41) is 23.9. The van der Waals surface area contributed by atoms with Crippen molar-refractivity contribution in [2.75, 3.05) is 13.2 Å². The van der Waals surface area contributed by atoms with Crippen LogP contribution in [0.3, 0.4) is 0 Å². The molecular weight excluding hydrogens is 629 g/mol. The van der Waals surface area contributed by atoms with Crippen molar-refractivity contribution in [3.05, 3.63) is 83.9 Å². The Morgan fingerprint density at radius 1 is 0.939 bits per heavy atom. The molecule has 5 rings (SSSR count). The Hall–Kier alpha value is -2.13. The van der Waals surface area contributed by atoms with Crippen LogP contribution in [0.4, 0.5) is 0 Å². The molecule has 1 fully saturated rings. The predicted octanol–water partition coefficient (Wildman–Crippen LogP) is 5.23. The molecule has 0 bridgehead atoms. The van der Waals surface area contributed by atoms with E-state index in [9.17, 15) is 15.0 Å². The van der Waals surface area contributed by atoms with E-state index in [0.717, 1.165) is 46.5 Å². The summed E-state index contributed by atoms with van der Waals surface area (Å²) >= 11 is 0. The van der Waals surface area contributed by atoms with E-state index < -0.39 is 0 Å². The Labute approximate surface area is 228 Å². The molecule has 1 radical (unpaired) electrons. The summed E-state index contributed by atoms with van der Waals surface area (Å²) < 4.78 is 5.73. The third-order valence-corrected chi connectivity index (χ3v) is 6.37. The zero-order valence-electron chi connectivity index (χ0n) is 18.3. The number of benzene rings is 4. The minimum absolute atomic E-state index is 0. The number of hydrogen-bond acceptors (Lipinski definition) is 5. The Balaban J connectivity index is 0.00000259. The number of phenols is 2. The van der Waals surface area contributed by atoms with E-state index >= 15 is 0 Å². The summed E-state index contributed by atoms with van der Waals surface area (Å²) in [5.74, 6) is 0.104. The van der Waals surface area contributed by atoms with Crippen LogP contribution in [-0.4, -0.2) is 40.3 Å². The van der Waals surface area contributed by atoms with Crippen LogP contribution in [0.5, 0.6) is 11.5 Å². The quantitative estimate of drug-likeness (QED) is 0.289. The molecule has 165 valence electrons. The van der Waals surface area contributed by atoms with Crippen LogP contribution in [0.15, 0.2) is 72.8 Å². The number of carbonyl (C=O) groups is 1. The first-order valence-electron chi connectivity index (χ1n) is 10.9. The molecule has 6 heteroatoms. The number of rotatable bonds is 5. The average molecular weight is 655 g/mol. The number of nitrogens with zero attached hydrogens (tertiary/aromatic N) is 1. The van der Waals surface area contributed by atoms with Crippen LogP contribution < -0.4 is 0 Å². The maximum absolute atomic E-state index is 12.9. The van der Waals surface area contributed by atoms with Gasteiger partial charge in [0.15, 0.2) is 0 Å². The van der Waals surface area contributed by atoms with Crippen molar-refractivity contribution in [2.24, 2.45) is 0 Å². The first-order valence-corrected chi connectivity index (χ1v) is 10.9. The van der Waals surface area contributed by atoms with Crippen molar-refractivity contribution < 1.29 is 63.8 Å². The van der Waals surface area contributed by atoms with Crippen LogP contribution >= 0.6 is 0 Å². The molecule has 0 aliphatic carbocycles. The fraction of sp³-hybridized carbons (Fsp3) is 0.222. The fourth-order valence-corrected chi connectivity index (χ4v) is 4.68. The van der Waals surface area contributed by atoms with Crippen LogP contribution in [0.25, 0.3) is 21.5 Å². The molecule has 33 heavy (non-hydrogen) atoms. The third kappa shape index (κ3) is 5.04. The second-order valence-corrected chi connectivity index (χ2v) is 8.36. The molecule has 0 spiro atoms. The van der Waals surface area contributed by atoms with Crippen molar-refractivity contribution >= 4 is 27.5 Å². The fourth-order valence-electron chi connectivity index (χ4n) is 4.68. The molecule has 0 aromatic heterocycles. The minimum atomic E-state index is -0.360. The number of ether oxygens (including phenoxy) is 1. The van der Waals surface area contributed by atoms with E-state index in [1.807, 2.05) is 36.4 Å². The van der Waals surface area contributed by atoms with Crippen molar-refractivity contribution in [1.82, 2.24) is 4.90 Å². The van der Waals surface area contributed by atoms with E-state index in [4.69, 9.17) is 4.74 Å². The number of aromatic hydroxyl groups is 2. The number of phenolic OH excluding ortho intramolecular Hbond substituents is 2. The number of carbonyl (C=O) groups excluding carboxylic acids is 1. The normalized spacial score (nSPS) is 16.1. The molecule has 1 aliphatic rings. The molecular formula is C27H25AcNO4. The van der Waals surface area contributed by atoms with Crippen LogP contribution in [0.2, 0.25) is 0 Å². The first kappa shape index (κ1) is 24.0. The smallest absolute Gasteiger partial charge is 0.338 e. The summed E-state index contributed by atoms with van der Waals surface area (Å²) in [4.78, 5) is 15.1. The molecule has 1 aliphatic heterocycles. The summed E-state index contributed by atoms with van der Waals surface area (Å²) in [5.41, 5.74) is 1.41. The number of likely N-dealkylation sites (tertiary alicyclic amines) is 1. The van der Waals surface area contributed by atoms with Gasteiger partial charge in [0.1, 0.15) is 18.1 Å². The van der Waals surface area contributed by atoms with E-state index in [0.29, 0.717) is 24.5 Å². The van der Waals surface area contributed by atoms with Gasteiger partial charge in [0.05, 0.1) is 5.56 Å². The van der Waals surface area contributed by atoms with Gasteiger partial charge in [0.25, 0.3) is 0 Å². The molecule has 2 N–H and O–H groups in total. The molecule has 4 aromatic rings. The second kappa shape index (κ2) is 10.4. The maximum Gasteiger partial charge on any atom is 0.338 e. The van der Waals surface area contributed by atoms with Crippen molar-refractivity contribution in [1.29, 1.82) is 0 Å². The Bertz CT molecular complexity index is 1310. The molecule has 0 unspecified atom stereocenters. The van der Waals surface area contributed by atoms with Gasteiger partial charge in [-0.05, 0) is 71.3 Å². The van der Waals surface area contributed by atoms with Gasteiger partial charge in [0, 0.05) is 62.2 Å². The van der Waals surface area contributed by atoms with Gasteiger partial charge in [-0.25, -0.2) is 4.79 Å². The Kier molecular flexibility index (Phi) is 7.59. The molecule has 0 amide bonds. The summed E-state index contributed by atoms with van der Waals surface area (Å²) in [6, 6.07) is 22.2. The van der Waals surface area contributed by atoms with Gasteiger partial charge < -0.3 is 14.9 Å². The van der Waals surface area contributed by atoms with Gasteiger partial charge in [-0.3, -0.25) is 4.90 Å². The number of esters is 1. The zero-order valence-corrected chi connectivity index (χ0v) is 23.0. The van der Waals surface area contributed by atoms with Gasteiger partial charge in [-0.1, -0.05) is 42.5 Å². The van der Waals surface area contributed by atoms with Crippen molar-refractivity contribution in [2.45, 2.75) is 25.4 Å². The monoisotopic (exact) mass is 654 g/mol. The van der Waals surface area contributed by atoms with E-state index in [1.54, 1.807) is 36.4 Å². The number of fused-ring (bicyclic) bond motifs is 2.